The van der Waals surface area contributed by atoms with Gasteiger partial charge in [-0.25, -0.2) is 0 Å². The third kappa shape index (κ3) is 9.80. The predicted molar refractivity (Wildman–Crippen MR) is 104 cm³/mol. The quantitative estimate of drug-likeness (QED) is 0.209. The first kappa shape index (κ1) is 22.8. The van der Waals surface area contributed by atoms with Gasteiger partial charge in [0.25, 0.3) is 0 Å². The summed E-state index contributed by atoms with van der Waals surface area (Å²) in [6.45, 7) is 9.21. The van der Waals surface area contributed by atoms with Crippen LogP contribution in [0.4, 0.5) is 0 Å². The van der Waals surface area contributed by atoms with Crippen LogP contribution >= 0.6 is 0 Å². The fourth-order valence-corrected chi connectivity index (χ4v) is 20.1. The Hall–Kier alpha value is 0.759. The molecule has 1 atom stereocenters. The Morgan fingerprint density at radius 2 is 1.00 bits per heavy atom. The van der Waals surface area contributed by atoms with Gasteiger partial charge in [0, 0.05) is 0 Å². The fraction of sp³-hybridized carbons (Fsp3) is 1.00. The molecule has 0 aliphatic carbocycles. The van der Waals surface area contributed by atoms with Crippen LogP contribution < -0.4 is 0 Å². The summed E-state index contributed by atoms with van der Waals surface area (Å²) in [5.41, 5.74) is 0. The van der Waals surface area contributed by atoms with Gasteiger partial charge < -0.3 is 0 Å². The van der Waals surface area contributed by atoms with Crippen molar-refractivity contribution < 1.29 is 5.11 Å². The number of hydrogen-bond donors (Lipinski definition) is 1. The molecule has 0 aromatic heterocycles. The van der Waals surface area contributed by atoms with Gasteiger partial charge >= 0.3 is 146 Å². The SMILES string of the molecule is CCCCCCC[CH](O)[Sn]([CH2]CCC)([CH2]CCC)[CH2]CCC. The number of aliphatic hydroxyl groups is 1. The molecule has 0 bridgehead atoms. The normalized spacial score (nSPS) is 13.5. The molecule has 134 valence electrons. The maximum absolute atomic E-state index is 11.1. The van der Waals surface area contributed by atoms with Crippen molar-refractivity contribution in [1.29, 1.82) is 0 Å². The van der Waals surface area contributed by atoms with E-state index in [1.165, 1.54) is 83.9 Å². The van der Waals surface area contributed by atoms with Gasteiger partial charge in [-0.3, -0.25) is 0 Å². The van der Waals surface area contributed by atoms with Crippen molar-refractivity contribution in [2.24, 2.45) is 0 Å². The summed E-state index contributed by atoms with van der Waals surface area (Å²) >= 11 is -2.34. The van der Waals surface area contributed by atoms with Gasteiger partial charge in [0.15, 0.2) is 0 Å². The second-order valence-corrected chi connectivity index (χ2v) is 21.4. The van der Waals surface area contributed by atoms with Crippen molar-refractivity contribution in [3.05, 3.63) is 0 Å². The van der Waals surface area contributed by atoms with Crippen molar-refractivity contribution in [1.82, 2.24) is 0 Å². The first-order valence-corrected chi connectivity index (χ1v) is 18.0. The molecule has 0 aromatic rings. The standard InChI is InChI=1S/C8H17O.3C4H9.Sn/c1-2-3-4-5-6-7-8-9;3*1-3-4-2;/h8-9H,2-7H2,1H3;3*1,3-4H2,2H3;. The summed E-state index contributed by atoms with van der Waals surface area (Å²) in [6, 6.07) is 0. The minimum absolute atomic E-state index is 0.139. The molecule has 0 amide bonds. The van der Waals surface area contributed by atoms with E-state index in [-0.39, 0.29) is 4.12 Å². The zero-order valence-corrected chi connectivity index (χ0v) is 19.0. The van der Waals surface area contributed by atoms with Gasteiger partial charge in [-0.1, -0.05) is 0 Å². The molecule has 0 heterocycles. The monoisotopic (exact) mass is 420 g/mol. The molecule has 0 spiro atoms. The number of rotatable bonds is 16. The average molecular weight is 419 g/mol. The van der Waals surface area contributed by atoms with Crippen molar-refractivity contribution in [3.63, 3.8) is 0 Å². The summed E-state index contributed by atoms with van der Waals surface area (Å²) < 4.78 is 4.48. The van der Waals surface area contributed by atoms with Crippen LogP contribution in [0, 0.1) is 0 Å². The van der Waals surface area contributed by atoms with Gasteiger partial charge in [0.05, 0.1) is 0 Å². The van der Waals surface area contributed by atoms with E-state index in [4.69, 9.17) is 0 Å². The van der Waals surface area contributed by atoms with Crippen molar-refractivity contribution in [3.8, 4) is 0 Å². The first-order valence-electron chi connectivity index (χ1n) is 10.3. The van der Waals surface area contributed by atoms with Gasteiger partial charge in [-0.15, -0.1) is 0 Å². The Morgan fingerprint density at radius 3 is 1.41 bits per heavy atom. The van der Waals surface area contributed by atoms with E-state index in [9.17, 15) is 5.11 Å². The molecule has 0 aromatic carbocycles. The summed E-state index contributed by atoms with van der Waals surface area (Å²) in [4.78, 5) is 0. The molecular weight excluding hydrogens is 375 g/mol. The van der Waals surface area contributed by atoms with Gasteiger partial charge in [-0.05, 0) is 0 Å². The molecule has 0 aliphatic rings. The van der Waals surface area contributed by atoms with Crippen LogP contribution in [0.1, 0.15) is 105 Å². The molecule has 0 fully saturated rings. The third-order valence-electron chi connectivity index (χ3n) is 5.37. The molecule has 1 nitrogen and oxygen atoms in total. The Bertz CT molecular complexity index is 208. The van der Waals surface area contributed by atoms with E-state index >= 15 is 0 Å². The molecule has 1 unspecified atom stereocenters. The van der Waals surface area contributed by atoms with E-state index in [1.807, 2.05) is 0 Å². The van der Waals surface area contributed by atoms with Crippen molar-refractivity contribution in [2.45, 2.75) is 122 Å². The molecule has 0 aliphatic heterocycles. The fourth-order valence-electron chi connectivity index (χ4n) is 3.71. The van der Waals surface area contributed by atoms with Crippen LogP contribution in [0.3, 0.4) is 0 Å². The zero-order chi connectivity index (χ0) is 16.7. The zero-order valence-electron chi connectivity index (χ0n) is 16.1. The average Bonchev–Trinajstić information content (AvgIpc) is 2.54. The van der Waals surface area contributed by atoms with Gasteiger partial charge in [0.1, 0.15) is 0 Å². The predicted octanol–water partition coefficient (Wildman–Crippen LogP) is 7.10. The Kier molecular flexibility index (Phi) is 15.8. The second-order valence-electron chi connectivity index (χ2n) is 7.39. The van der Waals surface area contributed by atoms with Crippen LogP contribution in [0.25, 0.3) is 0 Å². The Morgan fingerprint density at radius 1 is 0.591 bits per heavy atom. The Balaban J connectivity index is 4.58. The van der Waals surface area contributed by atoms with Crippen LogP contribution in [0.2, 0.25) is 13.3 Å². The molecule has 0 saturated carbocycles. The Labute approximate surface area is 145 Å². The summed E-state index contributed by atoms with van der Waals surface area (Å²) in [6.07, 6.45) is 15.8. The van der Waals surface area contributed by atoms with E-state index < -0.39 is 18.4 Å². The summed E-state index contributed by atoms with van der Waals surface area (Å²) in [5.74, 6) is 0. The molecule has 0 rings (SSSR count). The van der Waals surface area contributed by atoms with E-state index in [2.05, 4.69) is 27.7 Å². The van der Waals surface area contributed by atoms with Crippen LogP contribution in [0.15, 0.2) is 0 Å². The summed E-state index contributed by atoms with van der Waals surface area (Å²) in [7, 11) is 0. The van der Waals surface area contributed by atoms with E-state index in [0.29, 0.717) is 0 Å². The van der Waals surface area contributed by atoms with Crippen molar-refractivity contribution in [2.75, 3.05) is 0 Å². The summed E-state index contributed by atoms with van der Waals surface area (Å²) in [5, 5.41) is 11.1. The van der Waals surface area contributed by atoms with Crippen LogP contribution in [0.5, 0.6) is 0 Å². The molecule has 2 heteroatoms. The number of hydrogen-bond acceptors (Lipinski definition) is 1. The third-order valence-corrected chi connectivity index (χ3v) is 21.8. The molecule has 0 radical (unpaired) electrons. The first-order chi connectivity index (χ1) is 10.7. The topological polar surface area (TPSA) is 20.2 Å². The molecular formula is C20H44OSn. The van der Waals surface area contributed by atoms with Crippen molar-refractivity contribution >= 4 is 18.4 Å². The minimum atomic E-state index is -2.34. The van der Waals surface area contributed by atoms with E-state index in [1.54, 1.807) is 0 Å². The molecule has 0 saturated heterocycles. The maximum atomic E-state index is 11.1. The van der Waals surface area contributed by atoms with E-state index in [0.717, 1.165) is 6.42 Å². The number of unbranched alkanes of at least 4 members (excludes halogenated alkanes) is 7. The van der Waals surface area contributed by atoms with Gasteiger partial charge in [0.2, 0.25) is 0 Å². The van der Waals surface area contributed by atoms with Crippen LogP contribution in [-0.2, 0) is 0 Å². The van der Waals surface area contributed by atoms with Gasteiger partial charge in [-0.2, -0.15) is 0 Å². The number of aliphatic hydroxyl groups excluding tert-OH is 1. The second kappa shape index (κ2) is 15.3. The molecule has 22 heavy (non-hydrogen) atoms. The van der Waals surface area contributed by atoms with Crippen LogP contribution in [-0.4, -0.2) is 27.6 Å². The molecule has 1 N–H and O–H groups in total.